The van der Waals surface area contributed by atoms with Crippen LogP contribution in [0, 0.1) is 0 Å². The minimum absolute atomic E-state index is 0.333. The molecule has 0 spiro atoms. The average molecular weight is 394 g/mol. The summed E-state index contributed by atoms with van der Waals surface area (Å²) in [7, 11) is -4.73. The van der Waals surface area contributed by atoms with Crippen LogP contribution >= 0.6 is 19.6 Å². The number of thioether (sulfide) groups is 1. The van der Waals surface area contributed by atoms with Crippen molar-refractivity contribution >= 4 is 30.7 Å². The van der Waals surface area contributed by atoms with Crippen LogP contribution in [0.2, 0.25) is 0 Å². The van der Waals surface area contributed by atoms with E-state index in [1.165, 1.54) is 24.4 Å². The Balaban J connectivity index is 1.74. The van der Waals surface area contributed by atoms with Crippen LogP contribution in [0.15, 0.2) is 17.7 Å². The third-order valence-corrected chi connectivity index (χ3v) is 4.58. The van der Waals surface area contributed by atoms with Crippen LogP contribution in [0.3, 0.4) is 0 Å². The molecule has 0 saturated carbocycles. The first-order valence-electron chi connectivity index (χ1n) is 6.91. The van der Waals surface area contributed by atoms with Crippen molar-refractivity contribution in [2.45, 2.75) is 29.6 Å². The molecule has 4 N–H and O–H groups in total. The number of hydrogen-bond donors (Lipinski definition) is 4. The van der Waals surface area contributed by atoms with E-state index in [2.05, 4.69) is 19.5 Å². The zero-order valence-electron chi connectivity index (χ0n) is 12.7. The summed E-state index contributed by atoms with van der Waals surface area (Å²) in [6.45, 7) is -0.619. The lowest BCUT2D eigenvalue weighted by Crippen LogP contribution is -2.38. The van der Waals surface area contributed by atoms with E-state index in [1.807, 2.05) is 6.26 Å². The van der Waals surface area contributed by atoms with Crippen LogP contribution in [-0.2, 0) is 13.8 Å². The van der Waals surface area contributed by atoms with E-state index < -0.39 is 39.0 Å². The fraction of sp³-hybridized carbons (Fsp3) is 0.545. The van der Waals surface area contributed by atoms with Gasteiger partial charge in [0.15, 0.2) is 5.65 Å². The van der Waals surface area contributed by atoms with Gasteiger partial charge in [-0.15, -0.1) is 16.5 Å². The van der Waals surface area contributed by atoms with Gasteiger partial charge in [0, 0.05) is 0 Å². The molecular formula is C11H15N4O8PS. The van der Waals surface area contributed by atoms with Crippen LogP contribution in [0.25, 0.3) is 11.2 Å². The maximum absolute atomic E-state index is 10.7. The normalized spacial score (nSPS) is 27.1. The minimum atomic E-state index is -4.73. The van der Waals surface area contributed by atoms with Crippen molar-refractivity contribution in [1.29, 1.82) is 0 Å². The second-order valence-electron chi connectivity index (χ2n) is 5.04. The maximum atomic E-state index is 10.7. The van der Waals surface area contributed by atoms with Gasteiger partial charge in [0.05, 0.1) is 6.61 Å². The van der Waals surface area contributed by atoms with Crippen molar-refractivity contribution in [1.82, 2.24) is 19.7 Å². The van der Waals surface area contributed by atoms with Gasteiger partial charge in [0.25, 0.3) is 6.29 Å². The fourth-order valence-electron chi connectivity index (χ4n) is 2.24. The lowest BCUT2D eigenvalue weighted by Gasteiger charge is -2.16. The number of phosphoric acid groups is 1. The standard InChI is InChI=1S/C11H15N4O8PS/c1-25-10-6-9(12-3-13-10)15(4-14-6)23-11-8(17)7(16)5(22-11)2-21-24(18,19)20/h3-5,7-8,11,16-17H,2H2,1H3,(H2,18,19,20)/t5-,7-,8-,11+/m1/s1. The van der Waals surface area contributed by atoms with Crippen molar-refractivity contribution in [3.63, 3.8) is 0 Å². The van der Waals surface area contributed by atoms with Crippen molar-refractivity contribution in [2.75, 3.05) is 12.9 Å². The molecule has 3 rings (SSSR count). The smallest absolute Gasteiger partial charge is 0.387 e. The van der Waals surface area contributed by atoms with E-state index in [9.17, 15) is 14.8 Å². The summed E-state index contributed by atoms with van der Waals surface area (Å²) in [6, 6.07) is 0. The van der Waals surface area contributed by atoms with Crippen LogP contribution in [-0.4, -0.2) is 77.1 Å². The fourth-order valence-corrected chi connectivity index (χ4v) is 3.07. The number of nitrogens with zero attached hydrogens (tertiary/aromatic N) is 4. The molecule has 2 aromatic rings. The van der Waals surface area contributed by atoms with E-state index in [1.54, 1.807) is 0 Å². The van der Waals surface area contributed by atoms with Crippen LogP contribution in [0.4, 0.5) is 0 Å². The number of imidazole rings is 1. The molecule has 14 heteroatoms. The zero-order chi connectivity index (χ0) is 18.2. The minimum Gasteiger partial charge on any atom is -0.387 e. The van der Waals surface area contributed by atoms with Crippen LogP contribution in [0.5, 0.6) is 0 Å². The number of rotatable bonds is 6. The molecule has 0 aromatic carbocycles. The lowest BCUT2D eigenvalue weighted by molar-refractivity contribution is -0.168. The SMILES string of the molecule is CSc1ncnc2c1ncn2O[C@@H]1O[C@H](COP(=O)(O)O)[C@@H](O)[C@H]1O. The third-order valence-electron chi connectivity index (χ3n) is 3.41. The Kier molecular flexibility index (Phi) is 5.27. The average Bonchev–Trinajstić information content (AvgIpc) is 3.09. The Bertz CT molecular complexity index is 799. The highest BCUT2D eigenvalue weighted by atomic mass is 32.2. The van der Waals surface area contributed by atoms with Gasteiger partial charge in [-0.1, -0.05) is 0 Å². The molecule has 1 fully saturated rings. The highest BCUT2D eigenvalue weighted by Crippen LogP contribution is 2.37. The van der Waals surface area contributed by atoms with Gasteiger partial charge in [0.1, 0.15) is 41.5 Å². The molecule has 0 bridgehead atoms. The van der Waals surface area contributed by atoms with Gasteiger partial charge >= 0.3 is 7.82 Å². The molecule has 1 aliphatic rings. The molecule has 0 amide bonds. The summed E-state index contributed by atoms with van der Waals surface area (Å²) in [5.41, 5.74) is 0.823. The number of phosphoric ester groups is 1. The summed E-state index contributed by atoms with van der Waals surface area (Å²) >= 11 is 1.37. The van der Waals surface area contributed by atoms with Gasteiger partial charge in [-0.3, -0.25) is 4.52 Å². The molecule has 4 atom stereocenters. The topological polar surface area (TPSA) is 169 Å². The predicted molar refractivity (Wildman–Crippen MR) is 82.4 cm³/mol. The molecule has 0 unspecified atom stereocenters. The number of hydrogen-bond acceptors (Lipinski definition) is 10. The first-order valence-corrected chi connectivity index (χ1v) is 9.66. The molecular weight excluding hydrogens is 379 g/mol. The van der Waals surface area contributed by atoms with Gasteiger partial charge < -0.3 is 29.6 Å². The number of aliphatic hydroxyl groups is 2. The molecule has 0 radical (unpaired) electrons. The molecule has 3 heterocycles. The molecule has 1 saturated heterocycles. The van der Waals surface area contributed by atoms with Gasteiger partial charge in [0.2, 0.25) is 0 Å². The summed E-state index contributed by atoms with van der Waals surface area (Å²) < 4.78 is 21.5. The summed E-state index contributed by atoms with van der Waals surface area (Å²) in [6.07, 6.45) is -0.960. The monoisotopic (exact) mass is 394 g/mol. The van der Waals surface area contributed by atoms with E-state index in [0.717, 1.165) is 4.73 Å². The lowest BCUT2D eigenvalue weighted by atomic mass is 10.1. The molecule has 25 heavy (non-hydrogen) atoms. The maximum Gasteiger partial charge on any atom is 0.469 e. The third kappa shape index (κ3) is 3.93. The van der Waals surface area contributed by atoms with Crippen LogP contribution in [0.1, 0.15) is 0 Å². The second-order valence-corrected chi connectivity index (χ2v) is 7.08. The summed E-state index contributed by atoms with van der Waals surface area (Å²) in [5.74, 6) is 0. The summed E-state index contributed by atoms with van der Waals surface area (Å²) in [4.78, 5) is 35.1. The highest BCUT2D eigenvalue weighted by molar-refractivity contribution is 7.98. The van der Waals surface area contributed by atoms with E-state index in [0.29, 0.717) is 16.2 Å². The van der Waals surface area contributed by atoms with E-state index in [4.69, 9.17) is 19.4 Å². The predicted octanol–water partition coefficient (Wildman–Crippen LogP) is -1.47. The molecule has 1 aliphatic heterocycles. The first kappa shape index (κ1) is 18.5. The largest absolute Gasteiger partial charge is 0.469 e. The Hall–Kier alpha value is -1.31. The number of fused-ring (bicyclic) bond motifs is 1. The molecule has 138 valence electrons. The Labute approximate surface area is 145 Å². The quantitative estimate of drug-likeness (QED) is 0.255. The Morgan fingerprint density at radius 1 is 1.32 bits per heavy atom. The summed E-state index contributed by atoms with van der Waals surface area (Å²) in [5, 5.41) is 20.5. The van der Waals surface area contributed by atoms with Crippen LogP contribution < -0.4 is 4.84 Å². The van der Waals surface area contributed by atoms with Crippen molar-refractivity contribution < 1.29 is 38.7 Å². The van der Waals surface area contributed by atoms with Gasteiger partial charge in [-0.25, -0.2) is 19.5 Å². The molecule has 2 aromatic heterocycles. The van der Waals surface area contributed by atoms with E-state index >= 15 is 0 Å². The number of aromatic nitrogens is 4. The Morgan fingerprint density at radius 2 is 2.08 bits per heavy atom. The van der Waals surface area contributed by atoms with Gasteiger partial charge in [-0.05, 0) is 6.26 Å². The Morgan fingerprint density at radius 3 is 2.76 bits per heavy atom. The van der Waals surface area contributed by atoms with Crippen molar-refractivity contribution in [2.24, 2.45) is 0 Å². The number of aliphatic hydroxyl groups excluding tert-OH is 2. The first-order chi connectivity index (χ1) is 11.8. The zero-order valence-corrected chi connectivity index (χ0v) is 14.4. The second kappa shape index (κ2) is 7.13. The van der Waals surface area contributed by atoms with Crippen molar-refractivity contribution in [3.8, 4) is 0 Å². The van der Waals surface area contributed by atoms with Gasteiger partial charge in [-0.2, -0.15) is 0 Å². The highest BCUT2D eigenvalue weighted by Gasteiger charge is 2.45. The molecule has 0 aliphatic carbocycles. The van der Waals surface area contributed by atoms with E-state index in [-0.39, 0.29) is 0 Å². The van der Waals surface area contributed by atoms with Crippen molar-refractivity contribution in [3.05, 3.63) is 12.7 Å². The number of ether oxygens (including phenoxy) is 1. The molecule has 12 nitrogen and oxygen atoms in total.